The molecule has 10 heteroatoms. The Morgan fingerprint density at radius 3 is 2.52 bits per heavy atom. The molecule has 1 aliphatic heterocycles. The monoisotopic (exact) mass is 535 g/mol. The van der Waals surface area contributed by atoms with Gasteiger partial charge in [0.1, 0.15) is 12.4 Å². The van der Waals surface area contributed by atoms with Gasteiger partial charge in [-0.15, -0.1) is 0 Å². The van der Waals surface area contributed by atoms with Crippen LogP contribution in [0.25, 0.3) is 0 Å². The Labute approximate surface area is 202 Å². The molecule has 1 fully saturated rings. The van der Waals surface area contributed by atoms with Gasteiger partial charge in [0.15, 0.2) is 0 Å². The molecule has 0 spiro atoms. The van der Waals surface area contributed by atoms with E-state index in [0.717, 1.165) is 23.9 Å². The molecule has 0 unspecified atom stereocenters. The van der Waals surface area contributed by atoms with Crippen LogP contribution in [0.4, 0.5) is 5.69 Å². The number of hydroxylamine groups is 1. The summed E-state index contributed by atoms with van der Waals surface area (Å²) in [5, 5.41) is 9.08. The third kappa shape index (κ3) is 6.06. The van der Waals surface area contributed by atoms with Gasteiger partial charge in [-0.3, -0.25) is 19.2 Å². The van der Waals surface area contributed by atoms with E-state index in [1.54, 1.807) is 30.6 Å². The van der Waals surface area contributed by atoms with E-state index in [1.165, 1.54) is 38.1 Å². The number of carbonyl (C=O) groups is 1. The van der Waals surface area contributed by atoms with Crippen LogP contribution in [-0.2, 0) is 10.0 Å². The standard InChI is InChI=1S/C23H26BrN3O5S/c1-17-15-18(24)16-21(23(28)25-29)22(17)26(2)33(30,31)20-9-7-19(8-10-20)32-14-6-5-13-27-11-3-4-12-27/h7-10,15-16,29H,3-4,11-14H2,1-2H3,(H,25,28). The number of rotatable bonds is 7. The van der Waals surface area contributed by atoms with Crippen molar-refractivity contribution in [3.05, 3.63) is 52.0 Å². The average molecular weight is 536 g/mol. The van der Waals surface area contributed by atoms with Gasteiger partial charge in [-0.25, -0.2) is 13.9 Å². The Morgan fingerprint density at radius 1 is 1.21 bits per heavy atom. The molecule has 0 radical (unpaired) electrons. The highest BCUT2D eigenvalue weighted by Gasteiger charge is 2.27. The zero-order valence-corrected chi connectivity index (χ0v) is 20.9. The molecule has 2 N–H and O–H groups in total. The zero-order valence-electron chi connectivity index (χ0n) is 18.5. The molecule has 0 aromatic heterocycles. The lowest BCUT2D eigenvalue weighted by Gasteiger charge is -2.24. The molecule has 0 atom stereocenters. The number of hydrogen-bond acceptors (Lipinski definition) is 6. The third-order valence-corrected chi connectivity index (χ3v) is 7.58. The van der Waals surface area contributed by atoms with Crippen molar-refractivity contribution in [1.82, 2.24) is 10.4 Å². The summed E-state index contributed by atoms with van der Waals surface area (Å²) in [6, 6.07) is 9.16. The summed E-state index contributed by atoms with van der Waals surface area (Å²) in [7, 11) is -2.62. The van der Waals surface area contributed by atoms with Crippen LogP contribution in [0.5, 0.6) is 5.75 Å². The number of benzene rings is 2. The first-order valence-corrected chi connectivity index (χ1v) is 12.6. The van der Waals surface area contributed by atoms with E-state index in [2.05, 4.69) is 32.7 Å². The first-order valence-electron chi connectivity index (χ1n) is 10.4. The second-order valence-corrected chi connectivity index (χ2v) is 10.5. The molecule has 2 aromatic carbocycles. The molecule has 0 aliphatic carbocycles. The fourth-order valence-electron chi connectivity index (χ4n) is 3.65. The summed E-state index contributed by atoms with van der Waals surface area (Å²) < 4.78 is 33.6. The first kappa shape index (κ1) is 25.1. The van der Waals surface area contributed by atoms with Gasteiger partial charge in [0.2, 0.25) is 0 Å². The fourth-order valence-corrected chi connectivity index (χ4v) is 5.50. The van der Waals surface area contributed by atoms with Gasteiger partial charge in [0.25, 0.3) is 15.9 Å². The third-order valence-electron chi connectivity index (χ3n) is 5.35. The Morgan fingerprint density at radius 2 is 1.88 bits per heavy atom. The highest BCUT2D eigenvalue weighted by molar-refractivity contribution is 9.10. The van der Waals surface area contributed by atoms with E-state index < -0.39 is 15.9 Å². The Balaban J connectivity index is 1.73. The highest BCUT2D eigenvalue weighted by Crippen LogP contribution is 2.32. The van der Waals surface area contributed by atoms with Gasteiger partial charge in [-0.2, -0.15) is 0 Å². The van der Waals surface area contributed by atoms with E-state index in [9.17, 15) is 13.2 Å². The Bertz CT molecular complexity index is 1170. The predicted octanol–water partition coefficient (Wildman–Crippen LogP) is 3.18. The summed E-state index contributed by atoms with van der Waals surface area (Å²) in [6.07, 6.45) is 2.44. The molecular weight excluding hydrogens is 510 g/mol. The largest absolute Gasteiger partial charge is 0.481 e. The number of nitrogens with zero attached hydrogens (tertiary/aromatic N) is 2. The van der Waals surface area contributed by atoms with Crippen LogP contribution in [0, 0.1) is 18.8 Å². The van der Waals surface area contributed by atoms with Crippen molar-refractivity contribution in [2.75, 3.05) is 37.6 Å². The molecule has 0 bridgehead atoms. The van der Waals surface area contributed by atoms with Gasteiger partial charge in [0.05, 0.1) is 22.7 Å². The molecule has 1 amide bonds. The second-order valence-electron chi connectivity index (χ2n) is 7.63. The lowest BCUT2D eigenvalue weighted by atomic mass is 10.1. The van der Waals surface area contributed by atoms with Gasteiger partial charge >= 0.3 is 0 Å². The van der Waals surface area contributed by atoms with Crippen molar-refractivity contribution in [3.63, 3.8) is 0 Å². The van der Waals surface area contributed by atoms with E-state index in [-0.39, 0.29) is 22.8 Å². The molecule has 2 aromatic rings. The molecule has 1 aliphatic rings. The molecule has 0 saturated carbocycles. The van der Waals surface area contributed by atoms with Crippen molar-refractivity contribution in [2.45, 2.75) is 24.7 Å². The molecule has 3 rings (SSSR count). The van der Waals surface area contributed by atoms with Crippen LogP contribution in [0.1, 0.15) is 28.8 Å². The van der Waals surface area contributed by atoms with Gasteiger partial charge in [0, 0.05) is 11.5 Å². The van der Waals surface area contributed by atoms with Crippen LogP contribution in [0.3, 0.4) is 0 Å². The molecule has 1 saturated heterocycles. The topological polar surface area (TPSA) is 99.2 Å². The highest BCUT2D eigenvalue weighted by atomic mass is 79.9. The first-order chi connectivity index (χ1) is 15.7. The maximum Gasteiger partial charge on any atom is 0.276 e. The van der Waals surface area contributed by atoms with Crippen LogP contribution in [0.15, 0.2) is 45.8 Å². The lowest BCUT2D eigenvalue weighted by Crippen LogP contribution is -2.30. The van der Waals surface area contributed by atoms with E-state index in [0.29, 0.717) is 15.8 Å². The minimum Gasteiger partial charge on any atom is -0.481 e. The Kier molecular flexibility index (Phi) is 8.37. The summed E-state index contributed by atoms with van der Waals surface area (Å²) in [4.78, 5) is 14.5. The minimum atomic E-state index is -3.98. The molecule has 8 nitrogen and oxygen atoms in total. The number of anilines is 1. The second kappa shape index (κ2) is 11.0. The van der Waals surface area contributed by atoms with Gasteiger partial charge in [-0.1, -0.05) is 27.8 Å². The zero-order chi connectivity index (χ0) is 24.0. The van der Waals surface area contributed by atoms with E-state index in [4.69, 9.17) is 9.94 Å². The summed E-state index contributed by atoms with van der Waals surface area (Å²) in [5.74, 6) is 5.76. The fraction of sp³-hybridized carbons (Fsp3) is 0.348. The van der Waals surface area contributed by atoms with E-state index >= 15 is 0 Å². The number of aryl methyl sites for hydroxylation is 1. The smallest absolute Gasteiger partial charge is 0.276 e. The molecule has 33 heavy (non-hydrogen) atoms. The summed E-state index contributed by atoms with van der Waals surface area (Å²) in [6.45, 7) is 4.82. The van der Waals surface area contributed by atoms with Gasteiger partial charge < -0.3 is 4.74 Å². The van der Waals surface area contributed by atoms with Crippen molar-refractivity contribution < 1.29 is 23.2 Å². The number of sulfonamides is 1. The molecule has 176 valence electrons. The van der Waals surface area contributed by atoms with Crippen molar-refractivity contribution in [1.29, 1.82) is 0 Å². The average Bonchev–Trinajstić information content (AvgIpc) is 3.31. The number of amides is 1. The van der Waals surface area contributed by atoms with E-state index in [1.807, 2.05) is 0 Å². The number of carbonyl (C=O) groups excluding carboxylic acids is 1. The van der Waals surface area contributed by atoms with Crippen LogP contribution in [-0.4, -0.2) is 57.7 Å². The number of likely N-dealkylation sites (tertiary alicyclic amines) is 1. The maximum absolute atomic E-state index is 13.2. The van der Waals surface area contributed by atoms with Crippen molar-refractivity contribution >= 4 is 37.5 Å². The maximum atomic E-state index is 13.2. The minimum absolute atomic E-state index is 0.0166. The Hall–Kier alpha value is -2.58. The SMILES string of the molecule is Cc1cc(Br)cc(C(=O)NO)c1N(C)S(=O)(=O)c1ccc(OCC#CCN2CCCC2)cc1. The predicted molar refractivity (Wildman–Crippen MR) is 129 cm³/mol. The molecular formula is C23H26BrN3O5S. The number of halogens is 1. The van der Waals surface area contributed by atoms with Crippen LogP contribution < -0.4 is 14.5 Å². The molecule has 1 heterocycles. The van der Waals surface area contributed by atoms with Gasteiger partial charge in [-0.05, 0) is 74.8 Å². The quantitative estimate of drug-likeness (QED) is 0.321. The summed E-state index contributed by atoms with van der Waals surface area (Å²) in [5.41, 5.74) is 2.29. The number of ether oxygens (including phenoxy) is 1. The number of hydrogen-bond donors (Lipinski definition) is 2. The van der Waals surface area contributed by atoms with Crippen molar-refractivity contribution in [2.24, 2.45) is 0 Å². The van der Waals surface area contributed by atoms with Crippen molar-refractivity contribution in [3.8, 4) is 17.6 Å². The van der Waals surface area contributed by atoms with Crippen LogP contribution in [0.2, 0.25) is 0 Å². The number of nitrogens with one attached hydrogen (secondary N) is 1. The van der Waals surface area contributed by atoms with Crippen LogP contribution >= 0.6 is 15.9 Å². The summed E-state index contributed by atoms with van der Waals surface area (Å²) >= 11 is 3.29. The normalized spacial score (nSPS) is 13.8. The lowest BCUT2D eigenvalue weighted by molar-refractivity contribution is 0.0707.